The molecule has 0 saturated heterocycles. The first-order valence-corrected chi connectivity index (χ1v) is 4.40. The number of aromatic nitrogens is 3. The van der Waals surface area contributed by atoms with E-state index in [4.69, 9.17) is 11.0 Å². The molecule has 15 heavy (non-hydrogen) atoms. The van der Waals surface area contributed by atoms with E-state index < -0.39 is 5.82 Å². The molecule has 6 heteroatoms. The summed E-state index contributed by atoms with van der Waals surface area (Å²) in [5, 5.41) is 12.7. The van der Waals surface area contributed by atoms with Crippen LogP contribution in [0.4, 0.5) is 10.3 Å². The average Bonchev–Trinajstić information content (AvgIpc) is 2.50. The van der Waals surface area contributed by atoms with Gasteiger partial charge in [0.05, 0.1) is 11.9 Å². The Hall–Kier alpha value is -2.16. The Morgan fingerprint density at radius 3 is 3.00 bits per heavy atom. The zero-order valence-electron chi connectivity index (χ0n) is 8.03. The van der Waals surface area contributed by atoms with E-state index in [-0.39, 0.29) is 17.0 Å². The summed E-state index contributed by atoms with van der Waals surface area (Å²) in [7, 11) is 0. The first-order valence-electron chi connectivity index (χ1n) is 4.40. The van der Waals surface area contributed by atoms with Crippen LogP contribution in [0.1, 0.15) is 18.2 Å². The highest BCUT2D eigenvalue weighted by molar-refractivity contribution is 5.57. The SMILES string of the molecule is CCc1c(C#N)c(F)c2cnc(N)nn12. The summed E-state index contributed by atoms with van der Waals surface area (Å²) in [4.78, 5) is 3.69. The first kappa shape index (κ1) is 9.40. The van der Waals surface area contributed by atoms with Crippen LogP contribution in [0.3, 0.4) is 0 Å². The van der Waals surface area contributed by atoms with Crippen molar-refractivity contribution in [1.82, 2.24) is 14.6 Å². The van der Waals surface area contributed by atoms with Crippen LogP contribution in [-0.2, 0) is 6.42 Å². The summed E-state index contributed by atoms with van der Waals surface area (Å²) in [6, 6.07) is 1.82. The highest BCUT2D eigenvalue weighted by atomic mass is 19.1. The lowest BCUT2D eigenvalue weighted by Crippen LogP contribution is -2.03. The summed E-state index contributed by atoms with van der Waals surface area (Å²) < 4.78 is 15.0. The second-order valence-electron chi connectivity index (χ2n) is 3.01. The number of nitrogens with two attached hydrogens (primary N) is 1. The summed E-state index contributed by atoms with van der Waals surface area (Å²) in [5.41, 5.74) is 6.10. The van der Waals surface area contributed by atoms with Crippen molar-refractivity contribution in [3.63, 3.8) is 0 Å². The molecule has 0 spiro atoms. The molecule has 76 valence electrons. The standard InChI is InChI=1S/C9H8FN5/c1-2-6-5(3-11)8(10)7-4-13-9(12)14-15(6)7/h4H,2H2,1H3,(H2,12,14). The third kappa shape index (κ3) is 1.21. The van der Waals surface area contributed by atoms with Crippen molar-refractivity contribution in [2.24, 2.45) is 0 Å². The van der Waals surface area contributed by atoms with E-state index in [0.29, 0.717) is 12.1 Å². The Morgan fingerprint density at radius 2 is 2.40 bits per heavy atom. The molecule has 0 atom stereocenters. The van der Waals surface area contributed by atoms with Gasteiger partial charge in [-0.1, -0.05) is 6.92 Å². The normalized spacial score (nSPS) is 10.5. The number of aryl methyl sites for hydroxylation is 1. The van der Waals surface area contributed by atoms with Crippen LogP contribution in [-0.4, -0.2) is 14.6 Å². The monoisotopic (exact) mass is 205 g/mol. The van der Waals surface area contributed by atoms with Crippen LogP contribution in [0.15, 0.2) is 6.20 Å². The molecular weight excluding hydrogens is 197 g/mol. The van der Waals surface area contributed by atoms with Crippen molar-refractivity contribution in [2.45, 2.75) is 13.3 Å². The molecule has 0 aromatic carbocycles. The van der Waals surface area contributed by atoms with Gasteiger partial charge in [0.15, 0.2) is 5.82 Å². The molecule has 2 aromatic rings. The summed E-state index contributed by atoms with van der Waals surface area (Å²) in [6.07, 6.45) is 1.78. The van der Waals surface area contributed by atoms with Crippen LogP contribution in [0.25, 0.3) is 5.52 Å². The summed E-state index contributed by atoms with van der Waals surface area (Å²) in [6.45, 7) is 1.82. The van der Waals surface area contributed by atoms with E-state index >= 15 is 0 Å². The van der Waals surface area contributed by atoms with Gasteiger partial charge in [-0.15, -0.1) is 5.10 Å². The number of hydrogen-bond donors (Lipinski definition) is 1. The van der Waals surface area contributed by atoms with Gasteiger partial charge in [0, 0.05) is 0 Å². The summed E-state index contributed by atoms with van der Waals surface area (Å²) in [5.74, 6) is -0.536. The molecule has 0 amide bonds. The fourth-order valence-electron chi connectivity index (χ4n) is 1.52. The summed E-state index contributed by atoms with van der Waals surface area (Å²) >= 11 is 0. The lowest BCUT2D eigenvalue weighted by atomic mass is 10.2. The molecule has 5 nitrogen and oxygen atoms in total. The number of halogens is 1. The second kappa shape index (κ2) is 3.20. The van der Waals surface area contributed by atoms with E-state index in [9.17, 15) is 4.39 Å². The van der Waals surface area contributed by atoms with Gasteiger partial charge in [-0.05, 0) is 6.42 Å². The van der Waals surface area contributed by atoms with Gasteiger partial charge in [-0.3, -0.25) is 0 Å². The molecule has 2 N–H and O–H groups in total. The van der Waals surface area contributed by atoms with Gasteiger partial charge in [0.25, 0.3) is 0 Å². The Bertz CT molecular complexity index is 566. The lowest BCUT2D eigenvalue weighted by molar-refractivity contribution is 0.635. The molecule has 0 bridgehead atoms. The van der Waals surface area contributed by atoms with Crippen LogP contribution < -0.4 is 5.73 Å². The third-order valence-corrected chi connectivity index (χ3v) is 2.19. The first-order chi connectivity index (χ1) is 7.19. The lowest BCUT2D eigenvalue weighted by Gasteiger charge is -1.98. The van der Waals surface area contributed by atoms with Crippen molar-refractivity contribution in [1.29, 1.82) is 5.26 Å². The molecule has 0 fully saturated rings. The van der Waals surface area contributed by atoms with Crippen LogP contribution in [0, 0.1) is 17.1 Å². The number of hydrogen-bond acceptors (Lipinski definition) is 4. The maximum atomic E-state index is 13.6. The smallest absolute Gasteiger partial charge is 0.238 e. The zero-order valence-corrected chi connectivity index (χ0v) is 8.03. The molecule has 2 aromatic heterocycles. The van der Waals surface area contributed by atoms with E-state index in [1.165, 1.54) is 10.7 Å². The van der Waals surface area contributed by atoms with Crippen molar-refractivity contribution in [2.75, 3.05) is 5.73 Å². The van der Waals surface area contributed by atoms with E-state index in [2.05, 4.69) is 10.1 Å². The molecular formula is C9H8FN5. The quantitative estimate of drug-likeness (QED) is 0.749. The molecule has 0 aliphatic heterocycles. The average molecular weight is 205 g/mol. The third-order valence-electron chi connectivity index (χ3n) is 2.19. The van der Waals surface area contributed by atoms with Crippen molar-refractivity contribution in [3.05, 3.63) is 23.3 Å². The van der Waals surface area contributed by atoms with E-state index in [0.717, 1.165) is 0 Å². The predicted octanol–water partition coefficient (Wildman–Crippen LogP) is 0.885. The second-order valence-corrected chi connectivity index (χ2v) is 3.01. The highest BCUT2D eigenvalue weighted by Gasteiger charge is 2.18. The largest absolute Gasteiger partial charge is 0.367 e. The zero-order chi connectivity index (χ0) is 11.0. The Labute approximate surface area is 85.0 Å². The maximum absolute atomic E-state index is 13.6. The number of rotatable bonds is 1. The number of nitrogens with zero attached hydrogens (tertiary/aromatic N) is 4. The minimum atomic E-state index is -0.589. The Balaban J connectivity index is 2.93. The van der Waals surface area contributed by atoms with Crippen molar-refractivity contribution in [3.8, 4) is 6.07 Å². The predicted molar refractivity (Wildman–Crippen MR) is 51.5 cm³/mol. The van der Waals surface area contributed by atoms with Crippen LogP contribution >= 0.6 is 0 Å². The molecule has 0 aliphatic carbocycles. The number of nitriles is 1. The number of nitrogen functional groups attached to an aromatic ring is 1. The van der Waals surface area contributed by atoms with E-state index in [1.807, 2.05) is 13.0 Å². The molecule has 0 unspecified atom stereocenters. The molecule has 2 heterocycles. The Kier molecular flexibility index (Phi) is 2.01. The Morgan fingerprint density at radius 1 is 1.67 bits per heavy atom. The molecule has 0 radical (unpaired) electrons. The van der Waals surface area contributed by atoms with Gasteiger partial charge in [0.2, 0.25) is 5.95 Å². The fraction of sp³-hybridized carbons (Fsp3) is 0.222. The fourth-order valence-corrected chi connectivity index (χ4v) is 1.52. The van der Waals surface area contributed by atoms with Crippen molar-refractivity contribution < 1.29 is 4.39 Å². The van der Waals surface area contributed by atoms with Crippen LogP contribution in [0.5, 0.6) is 0 Å². The minimum Gasteiger partial charge on any atom is -0.367 e. The van der Waals surface area contributed by atoms with Crippen LogP contribution in [0.2, 0.25) is 0 Å². The maximum Gasteiger partial charge on any atom is 0.238 e. The number of anilines is 1. The van der Waals surface area contributed by atoms with Gasteiger partial charge < -0.3 is 5.73 Å². The molecule has 0 aliphatic rings. The minimum absolute atomic E-state index is 0.0115. The van der Waals surface area contributed by atoms with Gasteiger partial charge in [-0.25, -0.2) is 13.9 Å². The van der Waals surface area contributed by atoms with Gasteiger partial charge in [-0.2, -0.15) is 5.26 Å². The highest BCUT2D eigenvalue weighted by Crippen LogP contribution is 2.20. The molecule has 2 rings (SSSR count). The van der Waals surface area contributed by atoms with E-state index in [1.54, 1.807) is 0 Å². The topological polar surface area (TPSA) is 80.0 Å². The van der Waals surface area contributed by atoms with Gasteiger partial charge >= 0.3 is 0 Å². The number of fused-ring (bicyclic) bond motifs is 1. The van der Waals surface area contributed by atoms with Crippen molar-refractivity contribution >= 4 is 11.5 Å². The molecule has 0 saturated carbocycles. The van der Waals surface area contributed by atoms with Gasteiger partial charge in [0.1, 0.15) is 17.1 Å².